The van der Waals surface area contributed by atoms with Crippen molar-refractivity contribution in [3.63, 3.8) is 0 Å². The van der Waals surface area contributed by atoms with Gasteiger partial charge in [0.25, 0.3) is 0 Å². The molecule has 1 aliphatic rings. The van der Waals surface area contributed by atoms with Crippen LogP contribution in [0.2, 0.25) is 0 Å². The predicted molar refractivity (Wildman–Crippen MR) is 112 cm³/mol. The molecule has 3 rings (SSSR count). The summed E-state index contributed by atoms with van der Waals surface area (Å²) < 4.78 is 17.0. The van der Waals surface area contributed by atoms with Crippen LogP contribution in [-0.2, 0) is 22.6 Å². The van der Waals surface area contributed by atoms with Gasteiger partial charge in [0.1, 0.15) is 5.75 Å². The van der Waals surface area contributed by atoms with Gasteiger partial charge < -0.3 is 19.5 Å². The van der Waals surface area contributed by atoms with Gasteiger partial charge in [-0.15, -0.1) is 0 Å². The van der Waals surface area contributed by atoms with E-state index in [9.17, 15) is 0 Å². The minimum atomic E-state index is 0.223. The molecule has 0 aliphatic carbocycles. The number of rotatable bonds is 10. The van der Waals surface area contributed by atoms with Crippen molar-refractivity contribution in [1.82, 2.24) is 5.32 Å². The van der Waals surface area contributed by atoms with Crippen molar-refractivity contribution in [3.05, 3.63) is 65.7 Å². The zero-order valence-corrected chi connectivity index (χ0v) is 17.2. The van der Waals surface area contributed by atoms with Crippen molar-refractivity contribution in [2.75, 3.05) is 26.9 Å². The molecule has 0 amide bonds. The summed E-state index contributed by atoms with van der Waals surface area (Å²) in [7, 11) is 1.70. The summed E-state index contributed by atoms with van der Waals surface area (Å²) >= 11 is 0. The van der Waals surface area contributed by atoms with Crippen LogP contribution in [0.25, 0.3) is 0 Å². The van der Waals surface area contributed by atoms with Gasteiger partial charge in [0.2, 0.25) is 0 Å². The minimum absolute atomic E-state index is 0.223. The van der Waals surface area contributed by atoms with Crippen LogP contribution in [-0.4, -0.2) is 33.0 Å². The lowest BCUT2D eigenvalue weighted by Crippen LogP contribution is -2.41. The number of hydrogen-bond donors (Lipinski definition) is 1. The Labute approximate surface area is 169 Å². The Bertz CT molecular complexity index is 681. The second-order valence-corrected chi connectivity index (χ2v) is 7.88. The molecule has 0 aromatic heterocycles. The van der Waals surface area contributed by atoms with Gasteiger partial charge in [-0.3, -0.25) is 0 Å². The van der Waals surface area contributed by atoms with Crippen molar-refractivity contribution < 1.29 is 14.2 Å². The lowest BCUT2D eigenvalue weighted by atomic mass is 9.75. The predicted octanol–water partition coefficient (Wildman–Crippen LogP) is 4.58. The van der Waals surface area contributed by atoms with Crippen LogP contribution in [0.5, 0.6) is 5.75 Å². The Morgan fingerprint density at radius 2 is 1.71 bits per heavy atom. The fourth-order valence-corrected chi connectivity index (χ4v) is 3.95. The van der Waals surface area contributed by atoms with Gasteiger partial charge in [0.05, 0.1) is 19.8 Å². The molecule has 4 nitrogen and oxygen atoms in total. The van der Waals surface area contributed by atoms with Gasteiger partial charge >= 0.3 is 0 Å². The third-order valence-corrected chi connectivity index (χ3v) is 5.64. The minimum Gasteiger partial charge on any atom is -0.497 e. The Morgan fingerprint density at radius 3 is 2.39 bits per heavy atom. The van der Waals surface area contributed by atoms with Gasteiger partial charge in [-0.1, -0.05) is 42.5 Å². The Hall–Kier alpha value is -1.88. The highest BCUT2D eigenvalue weighted by atomic mass is 16.5. The molecule has 1 unspecified atom stereocenters. The molecular weight excluding hydrogens is 350 g/mol. The molecule has 4 heteroatoms. The summed E-state index contributed by atoms with van der Waals surface area (Å²) in [6, 6.07) is 18.7. The average Bonchev–Trinajstić information content (AvgIpc) is 2.74. The zero-order chi connectivity index (χ0) is 19.7. The van der Waals surface area contributed by atoms with Crippen LogP contribution in [0.1, 0.15) is 37.3 Å². The number of methoxy groups -OCH3 is 1. The summed E-state index contributed by atoms with van der Waals surface area (Å²) in [6.07, 6.45) is 3.45. The second kappa shape index (κ2) is 10.6. The topological polar surface area (TPSA) is 39.7 Å². The molecule has 1 N–H and O–H groups in total. The van der Waals surface area contributed by atoms with Crippen LogP contribution in [0.3, 0.4) is 0 Å². The van der Waals surface area contributed by atoms with Crippen LogP contribution < -0.4 is 10.1 Å². The van der Waals surface area contributed by atoms with E-state index in [4.69, 9.17) is 14.2 Å². The van der Waals surface area contributed by atoms with Gasteiger partial charge in [-0.2, -0.15) is 0 Å². The highest BCUT2D eigenvalue weighted by molar-refractivity contribution is 5.27. The van der Waals surface area contributed by atoms with E-state index in [1.807, 2.05) is 18.2 Å². The molecular formula is C24H33NO3. The van der Waals surface area contributed by atoms with Crippen LogP contribution in [0.4, 0.5) is 0 Å². The highest BCUT2D eigenvalue weighted by Crippen LogP contribution is 2.35. The molecule has 1 saturated heterocycles. The van der Waals surface area contributed by atoms with E-state index >= 15 is 0 Å². The first-order valence-electron chi connectivity index (χ1n) is 10.3. The van der Waals surface area contributed by atoms with Crippen LogP contribution in [0.15, 0.2) is 54.6 Å². The van der Waals surface area contributed by atoms with Crippen LogP contribution >= 0.6 is 0 Å². The van der Waals surface area contributed by atoms with E-state index in [-0.39, 0.29) is 11.5 Å². The molecule has 0 saturated carbocycles. The molecule has 2 aromatic carbocycles. The molecule has 2 aromatic rings. The first-order chi connectivity index (χ1) is 13.7. The number of nitrogens with one attached hydrogen (secondary N) is 1. The first kappa shape index (κ1) is 20.8. The van der Waals surface area contributed by atoms with Gasteiger partial charge in [0.15, 0.2) is 0 Å². The van der Waals surface area contributed by atoms with Crippen LogP contribution in [0, 0.1) is 5.41 Å². The molecule has 1 heterocycles. The van der Waals surface area contributed by atoms with E-state index in [1.54, 1.807) is 7.11 Å². The molecule has 1 atom stereocenters. The Kier molecular flexibility index (Phi) is 7.90. The summed E-state index contributed by atoms with van der Waals surface area (Å²) in [5, 5.41) is 3.68. The molecule has 0 radical (unpaired) electrons. The Balaban J connectivity index is 1.50. The smallest absolute Gasteiger partial charge is 0.118 e. The number of benzene rings is 2. The van der Waals surface area contributed by atoms with Crippen molar-refractivity contribution in [3.8, 4) is 5.75 Å². The number of hydrogen-bond acceptors (Lipinski definition) is 4. The summed E-state index contributed by atoms with van der Waals surface area (Å²) in [5.74, 6) is 0.897. The fourth-order valence-electron chi connectivity index (χ4n) is 3.95. The SMILES string of the molecule is COc1ccc(CNCC2(CC(C)OCc3ccccc3)CCOCC2)cc1. The monoisotopic (exact) mass is 383 g/mol. The molecule has 28 heavy (non-hydrogen) atoms. The molecule has 0 bridgehead atoms. The Morgan fingerprint density at radius 1 is 1.00 bits per heavy atom. The summed E-state index contributed by atoms with van der Waals surface area (Å²) in [6.45, 7) is 6.41. The first-order valence-corrected chi connectivity index (χ1v) is 10.3. The maximum atomic E-state index is 6.16. The normalized spacial score (nSPS) is 17.2. The quantitative estimate of drug-likeness (QED) is 0.652. The molecule has 1 aliphatic heterocycles. The second-order valence-electron chi connectivity index (χ2n) is 7.88. The third-order valence-electron chi connectivity index (χ3n) is 5.64. The van der Waals surface area contributed by atoms with Crippen molar-refractivity contribution in [2.45, 2.75) is 45.4 Å². The van der Waals surface area contributed by atoms with Crippen molar-refractivity contribution in [1.29, 1.82) is 0 Å². The standard InChI is InChI=1S/C24H33NO3/c1-20(28-18-22-6-4-3-5-7-22)16-24(12-14-27-15-13-24)19-25-17-21-8-10-23(26-2)11-9-21/h3-11,20,25H,12-19H2,1-2H3. The highest BCUT2D eigenvalue weighted by Gasteiger charge is 2.34. The van der Waals surface area contributed by atoms with Gasteiger partial charge in [0, 0.05) is 26.3 Å². The maximum Gasteiger partial charge on any atom is 0.118 e. The van der Waals surface area contributed by atoms with Gasteiger partial charge in [-0.25, -0.2) is 0 Å². The zero-order valence-electron chi connectivity index (χ0n) is 17.2. The van der Waals surface area contributed by atoms with E-state index in [1.165, 1.54) is 11.1 Å². The number of ether oxygens (including phenoxy) is 3. The van der Waals surface area contributed by atoms with E-state index in [2.05, 4.69) is 48.6 Å². The van der Waals surface area contributed by atoms with Gasteiger partial charge in [-0.05, 0) is 54.9 Å². The van der Waals surface area contributed by atoms with E-state index < -0.39 is 0 Å². The molecule has 152 valence electrons. The van der Waals surface area contributed by atoms with Crippen molar-refractivity contribution >= 4 is 0 Å². The third kappa shape index (κ3) is 6.33. The largest absolute Gasteiger partial charge is 0.497 e. The fraction of sp³-hybridized carbons (Fsp3) is 0.500. The van der Waals surface area contributed by atoms with Crippen molar-refractivity contribution in [2.24, 2.45) is 5.41 Å². The summed E-state index contributed by atoms with van der Waals surface area (Å²) in [5.41, 5.74) is 2.74. The molecule has 1 fully saturated rings. The van der Waals surface area contributed by atoms with E-state index in [0.717, 1.165) is 51.3 Å². The maximum absolute atomic E-state index is 6.16. The molecule has 0 spiro atoms. The summed E-state index contributed by atoms with van der Waals surface area (Å²) in [4.78, 5) is 0. The average molecular weight is 384 g/mol. The lowest BCUT2D eigenvalue weighted by Gasteiger charge is -2.39. The van der Waals surface area contributed by atoms with E-state index in [0.29, 0.717) is 6.61 Å². The lowest BCUT2D eigenvalue weighted by molar-refractivity contribution is -0.0338.